The molecule has 2 aromatic carbocycles. The third-order valence-electron chi connectivity index (χ3n) is 6.02. The first kappa shape index (κ1) is 19.7. The molecule has 1 aliphatic carbocycles. The number of Topliss-reactive ketones (excluding diaryl/α,β-unsaturated/α-hetero) is 1. The number of aliphatic hydroxyl groups is 1. The van der Waals surface area contributed by atoms with E-state index in [-0.39, 0.29) is 17.4 Å². The highest BCUT2D eigenvalue weighted by Gasteiger charge is 2.49. The van der Waals surface area contributed by atoms with E-state index in [0.717, 1.165) is 37.7 Å². The topological polar surface area (TPSA) is 57.6 Å². The van der Waals surface area contributed by atoms with Crippen LogP contribution in [0.1, 0.15) is 55.3 Å². The second kappa shape index (κ2) is 8.03. The van der Waals surface area contributed by atoms with Crippen LogP contribution in [0.4, 0.5) is 0 Å². The maximum atomic E-state index is 13.0. The zero-order chi connectivity index (χ0) is 20.5. The van der Waals surface area contributed by atoms with E-state index < -0.39 is 17.7 Å². The zero-order valence-corrected chi connectivity index (χ0v) is 17.2. The van der Waals surface area contributed by atoms with Gasteiger partial charge in [-0.15, -0.1) is 0 Å². The average molecular weight is 410 g/mol. The van der Waals surface area contributed by atoms with E-state index in [1.54, 1.807) is 29.2 Å². The fraction of sp³-hybridized carbons (Fsp3) is 0.333. The molecule has 1 atom stereocenters. The second-order valence-corrected chi connectivity index (χ2v) is 8.18. The number of halogens is 1. The molecule has 2 fully saturated rings. The van der Waals surface area contributed by atoms with E-state index in [4.69, 9.17) is 11.6 Å². The molecular formula is C24H24ClNO3. The molecule has 1 aliphatic heterocycles. The molecule has 5 heteroatoms. The van der Waals surface area contributed by atoms with Crippen molar-refractivity contribution >= 4 is 29.1 Å². The number of rotatable bonds is 4. The van der Waals surface area contributed by atoms with Crippen LogP contribution in [0.15, 0.2) is 54.1 Å². The van der Waals surface area contributed by atoms with Crippen molar-refractivity contribution in [3.63, 3.8) is 0 Å². The monoisotopic (exact) mass is 409 g/mol. The highest BCUT2D eigenvalue weighted by Crippen LogP contribution is 2.43. The molecular weight excluding hydrogens is 386 g/mol. The van der Waals surface area contributed by atoms with Gasteiger partial charge in [-0.2, -0.15) is 0 Å². The number of benzene rings is 2. The Morgan fingerprint density at radius 3 is 2.24 bits per heavy atom. The fourth-order valence-corrected chi connectivity index (χ4v) is 4.56. The van der Waals surface area contributed by atoms with E-state index in [9.17, 15) is 14.7 Å². The van der Waals surface area contributed by atoms with E-state index in [1.165, 1.54) is 5.56 Å². The minimum absolute atomic E-state index is 0.0258. The first-order valence-electron chi connectivity index (χ1n) is 10.2. The van der Waals surface area contributed by atoms with Crippen LogP contribution >= 0.6 is 11.6 Å². The number of likely N-dealkylation sites (tertiary alicyclic amines) is 1. The Balaban J connectivity index is 1.86. The summed E-state index contributed by atoms with van der Waals surface area (Å²) in [6.07, 6.45) is 4.78. The van der Waals surface area contributed by atoms with Crippen molar-refractivity contribution in [2.24, 2.45) is 0 Å². The van der Waals surface area contributed by atoms with Crippen LogP contribution in [0.5, 0.6) is 0 Å². The Hall–Kier alpha value is -2.59. The highest BCUT2D eigenvalue weighted by molar-refractivity contribution is 6.46. The Kier molecular flexibility index (Phi) is 5.46. The summed E-state index contributed by atoms with van der Waals surface area (Å²) in [7, 11) is 0. The first-order chi connectivity index (χ1) is 14.0. The van der Waals surface area contributed by atoms with Crippen LogP contribution in [0.3, 0.4) is 0 Å². The minimum Gasteiger partial charge on any atom is -0.507 e. The van der Waals surface area contributed by atoms with Crippen LogP contribution in [0.25, 0.3) is 5.76 Å². The molecule has 2 aliphatic rings. The van der Waals surface area contributed by atoms with Crippen molar-refractivity contribution in [2.75, 3.05) is 0 Å². The lowest BCUT2D eigenvalue weighted by Gasteiger charge is -2.30. The molecule has 1 saturated heterocycles. The number of aliphatic hydroxyl groups excluding tert-OH is 1. The van der Waals surface area contributed by atoms with Gasteiger partial charge in [-0.25, -0.2) is 0 Å². The Labute approximate surface area is 175 Å². The van der Waals surface area contributed by atoms with Gasteiger partial charge < -0.3 is 10.0 Å². The number of amides is 1. The third kappa shape index (κ3) is 3.58. The predicted octanol–water partition coefficient (Wildman–Crippen LogP) is 5.27. The number of nitrogens with zero attached hydrogens (tertiary/aromatic N) is 1. The summed E-state index contributed by atoms with van der Waals surface area (Å²) < 4.78 is 0. The van der Waals surface area contributed by atoms with Crippen molar-refractivity contribution < 1.29 is 14.7 Å². The SMILES string of the molecule is CCc1ccc(C2/C(=C(/O)c3ccc(Cl)cc3)C(=O)C(=O)N2C2CCCC2)cc1. The number of hydrogen-bond acceptors (Lipinski definition) is 3. The molecule has 1 amide bonds. The molecule has 1 N–H and O–H groups in total. The minimum atomic E-state index is -0.617. The first-order valence-corrected chi connectivity index (χ1v) is 10.5. The van der Waals surface area contributed by atoms with Gasteiger partial charge in [-0.05, 0) is 54.7 Å². The van der Waals surface area contributed by atoms with Gasteiger partial charge >= 0.3 is 0 Å². The van der Waals surface area contributed by atoms with Gasteiger partial charge in [0.25, 0.3) is 11.7 Å². The van der Waals surface area contributed by atoms with Gasteiger partial charge in [-0.3, -0.25) is 9.59 Å². The van der Waals surface area contributed by atoms with Crippen LogP contribution in [0.2, 0.25) is 5.02 Å². The standard InChI is InChI=1S/C24H24ClNO3/c1-2-15-7-9-16(10-8-15)21-20(22(27)17-11-13-18(25)14-12-17)23(28)24(29)26(21)19-5-3-4-6-19/h7-14,19,21,27H,2-6H2,1H3/b22-20-. The lowest BCUT2D eigenvalue weighted by molar-refractivity contribution is -0.141. The zero-order valence-electron chi connectivity index (χ0n) is 16.4. The second-order valence-electron chi connectivity index (χ2n) is 7.75. The number of carbonyl (C=O) groups excluding carboxylic acids is 2. The summed E-state index contributed by atoms with van der Waals surface area (Å²) in [4.78, 5) is 27.7. The predicted molar refractivity (Wildman–Crippen MR) is 114 cm³/mol. The van der Waals surface area contributed by atoms with Gasteiger partial charge in [0, 0.05) is 16.6 Å². The Morgan fingerprint density at radius 1 is 1.03 bits per heavy atom. The summed E-state index contributed by atoms with van der Waals surface area (Å²) >= 11 is 5.96. The molecule has 1 heterocycles. The van der Waals surface area contributed by atoms with E-state index >= 15 is 0 Å². The van der Waals surface area contributed by atoms with Gasteiger partial charge in [0.05, 0.1) is 11.6 Å². The number of hydrogen-bond donors (Lipinski definition) is 1. The average Bonchev–Trinajstić information content (AvgIpc) is 3.35. The molecule has 0 aromatic heterocycles. The maximum absolute atomic E-state index is 13.0. The van der Waals surface area contributed by atoms with Crippen LogP contribution in [0, 0.1) is 0 Å². The quantitative estimate of drug-likeness (QED) is 0.425. The molecule has 2 aromatic rings. The van der Waals surface area contributed by atoms with Crippen molar-refractivity contribution in [1.82, 2.24) is 4.90 Å². The summed E-state index contributed by atoms with van der Waals surface area (Å²) in [6, 6.07) is 14.1. The number of ketones is 1. The third-order valence-corrected chi connectivity index (χ3v) is 6.27. The molecule has 4 nitrogen and oxygen atoms in total. The molecule has 1 saturated carbocycles. The van der Waals surface area contributed by atoms with Crippen molar-refractivity contribution in [1.29, 1.82) is 0 Å². The fourth-order valence-electron chi connectivity index (χ4n) is 4.44. The van der Waals surface area contributed by atoms with Crippen LogP contribution in [-0.2, 0) is 16.0 Å². The molecule has 4 rings (SSSR count). The molecule has 150 valence electrons. The van der Waals surface area contributed by atoms with Crippen molar-refractivity contribution in [2.45, 2.75) is 51.1 Å². The molecule has 0 bridgehead atoms. The largest absolute Gasteiger partial charge is 0.507 e. The summed E-state index contributed by atoms with van der Waals surface area (Å²) in [5.74, 6) is -1.28. The van der Waals surface area contributed by atoms with Gasteiger partial charge in [0.15, 0.2) is 0 Å². The highest BCUT2D eigenvalue weighted by atomic mass is 35.5. The molecule has 1 unspecified atom stereocenters. The molecule has 0 radical (unpaired) electrons. The van der Waals surface area contributed by atoms with E-state index in [2.05, 4.69) is 6.92 Å². The summed E-state index contributed by atoms with van der Waals surface area (Å²) in [5.41, 5.74) is 2.68. The number of carbonyl (C=O) groups is 2. The maximum Gasteiger partial charge on any atom is 0.295 e. The van der Waals surface area contributed by atoms with Gasteiger partial charge in [-0.1, -0.05) is 55.6 Å². The summed E-state index contributed by atoms with van der Waals surface area (Å²) in [5, 5.41) is 11.6. The van der Waals surface area contributed by atoms with Gasteiger partial charge in [0.1, 0.15) is 5.76 Å². The molecule has 29 heavy (non-hydrogen) atoms. The lowest BCUT2D eigenvalue weighted by Crippen LogP contribution is -2.37. The lowest BCUT2D eigenvalue weighted by atomic mass is 9.94. The van der Waals surface area contributed by atoms with E-state index in [1.807, 2.05) is 24.3 Å². The number of aryl methyl sites for hydroxylation is 1. The van der Waals surface area contributed by atoms with Crippen LogP contribution < -0.4 is 0 Å². The van der Waals surface area contributed by atoms with Gasteiger partial charge in [0.2, 0.25) is 0 Å². The van der Waals surface area contributed by atoms with Crippen molar-refractivity contribution in [3.05, 3.63) is 75.8 Å². The van der Waals surface area contributed by atoms with Crippen LogP contribution in [-0.4, -0.2) is 27.7 Å². The summed E-state index contributed by atoms with van der Waals surface area (Å²) in [6.45, 7) is 2.08. The Bertz CT molecular complexity index is 957. The normalized spacial score (nSPS) is 21.9. The smallest absolute Gasteiger partial charge is 0.295 e. The van der Waals surface area contributed by atoms with Crippen molar-refractivity contribution in [3.8, 4) is 0 Å². The van der Waals surface area contributed by atoms with E-state index in [0.29, 0.717) is 10.6 Å². The molecule has 0 spiro atoms. The Morgan fingerprint density at radius 2 is 1.66 bits per heavy atom.